The van der Waals surface area contributed by atoms with Crippen molar-refractivity contribution >= 4 is 11.8 Å². The first-order valence-electron chi connectivity index (χ1n) is 13.3. The highest BCUT2D eigenvalue weighted by Gasteiger charge is 2.66. The van der Waals surface area contributed by atoms with Crippen LogP contribution in [0.1, 0.15) is 87.0 Å². The van der Waals surface area contributed by atoms with Crippen LogP contribution in [0, 0.1) is 39.4 Å². The van der Waals surface area contributed by atoms with Crippen molar-refractivity contribution in [2.45, 2.75) is 99.2 Å². The number of ketones is 1. The van der Waals surface area contributed by atoms with E-state index in [0.717, 1.165) is 19.3 Å². The van der Waals surface area contributed by atoms with Gasteiger partial charge in [0.1, 0.15) is 5.78 Å². The third kappa shape index (κ3) is 3.63. The molecule has 5 heteroatoms. The number of Topliss-reactive ketones (excluding diaryl/α,β-unsaturated/α-hetero) is 1. The van der Waals surface area contributed by atoms with Gasteiger partial charge in [-0.2, -0.15) is 0 Å². The molecule has 2 saturated carbocycles. The zero-order valence-electron chi connectivity index (χ0n) is 22.5. The molecule has 4 aliphatic carbocycles. The van der Waals surface area contributed by atoms with Gasteiger partial charge in [-0.3, -0.25) is 4.79 Å². The van der Waals surface area contributed by atoms with Gasteiger partial charge in [0, 0.05) is 22.8 Å². The molecular formula is C30H44O5. The van der Waals surface area contributed by atoms with Gasteiger partial charge < -0.3 is 15.3 Å². The van der Waals surface area contributed by atoms with E-state index < -0.39 is 23.6 Å². The van der Waals surface area contributed by atoms with E-state index in [1.165, 1.54) is 24.1 Å². The van der Waals surface area contributed by atoms with Crippen LogP contribution >= 0.6 is 0 Å². The van der Waals surface area contributed by atoms with Gasteiger partial charge in [-0.1, -0.05) is 53.7 Å². The van der Waals surface area contributed by atoms with E-state index in [-0.39, 0.29) is 39.6 Å². The molecule has 0 saturated heterocycles. The standard InChI is InChI=1S/C30H44O5/c1-17(14-19(31)15-18(2)26(34)35)22-16-25(33)30(7)21-8-9-23-27(3,4)24(32)11-12-28(23,5)20(21)10-13-29(22,30)6/h8,10,15,17,19,22-23,25,31,33H,9,11-14,16H2,1-7H3,(H,34,35)/b18-15+/t17-,19+,22-,23?,25+,28-,29-,30-/m1/s1. The van der Waals surface area contributed by atoms with E-state index in [9.17, 15) is 19.8 Å². The zero-order valence-corrected chi connectivity index (χ0v) is 22.5. The molecule has 0 radical (unpaired) electrons. The molecule has 35 heavy (non-hydrogen) atoms. The second-order valence-corrected chi connectivity index (χ2v) is 13.2. The van der Waals surface area contributed by atoms with Crippen LogP contribution in [0.15, 0.2) is 34.9 Å². The molecule has 3 N–H and O–H groups in total. The molecule has 1 unspecified atom stereocenters. The predicted octanol–water partition coefficient (Wildman–Crippen LogP) is 5.47. The number of carboxylic acids is 1. The lowest BCUT2D eigenvalue weighted by Crippen LogP contribution is -2.54. The van der Waals surface area contributed by atoms with Crippen LogP contribution in [0.4, 0.5) is 0 Å². The molecule has 8 atom stereocenters. The molecule has 0 aromatic heterocycles. The largest absolute Gasteiger partial charge is 0.478 e. The molecule has 0 aromatic carbocycles. The maximum absolute atomic E-state index is 12.8. The molecule has 4 rings (SSSR count). The van der Waals surface area contributed by atoms with Crippen LogP contribution in [0.25, 0.3) is 0 Å². The van der Waals surface area contributed by atoms with Gasteiger partial charge in [-0.15, -0.1) is 0 Å². The lowest BCUT2D eigenvalue weighted by atomic mass is 9.44. The number of fused-ring (bicyclic) bond motifs is 5. The summed E-state index contributed by atoms with van der Waals surface area (Å²) in [5.41, 5.74) is 1.80. The number of carbonyl (C=O) groups is 2. The van der Waals surface area contributed by atoms with Crippen LogP contribution in [-0.2, 0) is 9.59 Å². The second kappa shape index (κ2) is 8.41. The van der Waals surface area contributed by atoms with Gasteiger partial charge in [0.15, 0.2) is 0 Å². The van der Waals surface area contributed by atoms with Crippen molar-refractivity contribution in [2.75, 3.05) is 0 Å². The number of aliphatic hydroxyl groups is 2. The Kier molecular flexibility index (Phi) is 6.33. The summed E-state index contributed by atoms with van der Waals surface area (Å²) in [4.78, 5) is 24.0. The van der Waals surface area contributed by atoms with Crippen molar-refractivity contribution in [3.05, 3.63) is 34.9 Å². The van der Waals surface area contributed by atoms with Crippen molar-refractivity contribution in [1.82, 2.24) is 0 Å². The van der Waals surface area contributed by atoms with Crippen molar-refractivity contribution in [3.63, 3.8) is 0 Å². The normalized spacial score (nSPS) is 42.3. The summed E-state index contributed by atoms with van der Waals surface area (Å²) in [5, 5.41) is 31.3. The highest BCUT2D eigenvalue weighted by atomic mass is 16.4. The maximum Gasteiger partial charge on any atom is 0.331 e. The van der Waals surface area contributed by atoms with Crippen LogP contribution < -0.4 is 0 Å². The summed E-state index contributed by atoms with van der Waals surface area (Å²) in [7, 11) is 0. The molecule has 0 aliphatic heterocycles. The molecule has 4 aliphatic rings. The summed E-state index contributed by atoms with van der Waals surface area (Å²) in [6.45, 7) is 14.7. The van der Waals surface area contributed by atoms with Gasteiger partial charge in [-0.25, -0.2) is 4.79 Å². The number of hydrogen-bond donors (Lipinski definition) is 3. The Hall–Kier alpha value is -1.72. The topological polar surface area (TPSA) is 94.8 Å². The average Bonchev–Trinajstić information content (AvgIpc) is 2.98. The maximum atomic E-state index is 12.8. The molecular weight excluding hydrogens is 440 g/mol. The third-order valence-electron chi connectivity index (χ3n) is 11.2. The van der Waals surface area contributed by atoms with Crippen LogP contribution in [-0.4, -0.2) is 39.3 Å². The summed E-state index contributed by atoms with van der Waals surface area (Å²) < 4.78 is 0. The van der Waals surface area contributed by atoms with Crippen LogP contribution in [0.3, 0.4) is 0 Å². The number of allylic oxidation sites excluding steroid dienone is 3. The van der Waals surface area contributed by atoms with Gasteiger partial charge in [0.25, 0.3) is 0 Å². The van der Waals surface area contributed by atoms with Gasteiger partial charge in [-0.05, 0) is 84.8 Å². The fraction of sp³-hybridized carbons (Fsp3) is 0.733. The SMILES string of the molecule is C/C(=C\[C@@H](O)C[C@@H](C)[C@H]1C[C@H](O)[C@@]2(C)C3=CCC4C(C)(C)C(=O)CC[C@]4(C)C3=CC[C@]12C)C(=O)O. The summed E-state index contributed by atoms with van der Waals surface area (Å²) in [6.07, 6.45) is 9.22. The molecule has 0 aromatic rings. The minimum absolute atomic E-state index is 0.0649. The molecule has 0 heterocycles. The highest BCUT2D eigenvalue weighted by Crippen LogP contribution is 2.71. The molecule has 5 nitrogen and oxygen atoms in total. The van der Waals surface area contributed by atoms with Gasteiger partial charge in [0.2, 0.25) is 0 Å². The minimum Gasteiger partial charge on any atom is -0.478 e. The Morgan fingerprint density at radius 3 is 2.46 bits per heavy atom. The zero-order chi connectivity index (χ0) is 26.1. The predicted molar refractivity (Wildman–Crippen MR) is 137 cm³/mol. The monoisotopic (exact) mass is 484 g/mol. The lowest BCUT2D eigenvalue weighted by molar-refractivity contribution is -0.138. The Morgan fingerprint density at radius 2 is 1.83 bits per heavy atom. The number of rotatable bonds is 5. The Morgan fingerprint density at radius 1 is 1.17 bits per heavy atom. The van der Waals surface area contributed by atoms with E-state index in [2.05, 4.69) is 53.7 Å². The minimum atomic E-state index is -1.01. The van der Waals surface area contributed by atoms with E-state index in [1.54, 1.807) is 0 Å². The first-order chi connectivity index (χ1) is 16.1. The highest BCUT2D eigenvalue weighted by molar-refractivity contribution is 5.86. The quantitative estimate of drug-likeness (QED) is 0.450. The molecule has 0 spiro atoms. The first-order valence-corrected chi connectivity index (χ1v) is 13.3. The average molecular weight is 485 g/mol. The first kappa shape index (κ1) is 26.3. The number of carboxylic acid groups (broad SMARTS) is 1. The number of aliphatic hydroxyl groups excluding tert-OH is 2. The molecule has 0 bridgehead atoms. The van der Waals surface area contributed by atoms with E-state index in [0.29, 0.717) is 25.0 Å². The van der Waals surface area contributed by atoms with Gasteiger partial charge in [0.05, 0.1) is 12.2 Å². The number of aliphatic carboxylic acids is 1. The van der Waals surface area contributed by atoms with E-state index in [1.807, 2.05) is 0 Å². The second-order valence-electron chi connectivity index (χ2n) is 13.2. The van der Waals surface area contributed by atoms with Crippen molar-refractivity contribution in [1.29, 1.82) is 0 Å². The molecule has 0 amide bonds. The van der Waals surface area contributed by atoms with Crippen LogP contribution in [0.5, 0.6) is 0 Å². The molecule has 194 valence electrons. The Balaban J connectivity index is 1.68. The summed E-state index contributed by atoms with van der Waals surface area (Å²) in [5.74, 6) is -0.0554. The van der Waals surface area contributed by atoms with Crippen molar-refractivity contribution in [2.24, 2.45) is 39.4 Å². The van der Waals surface area contributed by atoms with Crippen molar-refractivity contribution < 1.29 is 24.9 Å². The van der Waals surface area contributed by atoms with Gasteiger partial charge >= 0.3 is 5.97 Å². The lowest BCUT2D eigenvalue weighted by Gasteiger charge is -2.60. The fourth-order valence-electron chi connectivity index (χ4n) is 8.73. The summed E-state index contributed by atoms with van der Waals surface area (Å²) in [6, 6.07) is 0. The number of carbonyl (C=O) groups excluding carboxylic acids is 1. The Labute approximate surface area is 210 Å². The smallest absolute Gasteiger partial charge is 0.331 e. The van der Waals surface area contributed by atoms with E-state index >= 15 is 0 Å². The van der Waals surface area contributed by atoms with E-state index in [4.69, 9.17) is 5.11 Å². The van der Waals surface area contributed by atoms with Crippen LogP contribution in [0.2, 0.25) is 0 Å². The summed E-state index contributed by atoms with van der Waals surface area (Å²) >= 11 is 0. The number of hydrogen-bond acceptors (Lipinski definition) is 4. The third-order valence-corrected chi connectivity index (χ3v) is 11.2. The molecule has 2 fully saturated rings. The van der Waals surface area contributed by atoms with Crippen molar-refractivity contribution in [3.8, 4) is 0 Å². The fourth-order valence-corrected chi connectivity index (χ4v) is 8.73. The Bertz CT molecular complexity index is 1020.